The number of alkyl halides is 3. The number of hydrogen-bond acceptors (Lipinski definition) is 8. The van der Waals surface area contributed by atoms with E-state index in [9.17, 15) is 31.5 Å². The lowest BCUT2D eigenvalue weighted by atomic mass is 10.2. The van der Waals surface area contributed by atoms with Gasteiger partial charge >= 0.3 is 11.2 Å². The monoisotopic (exact) mass is 467 g/mol. The molecule has 0 spiro atoms. The van der Waals surface area contributed by atoms with Crippen molar-refractivity contribution in [2.75, 3.05) is 0 Å². The summed E-state index contributed by atoms with van der Waals surface area (Å²) in [5.41, 5.74) is -5.16. The molecular formula is C17H12F3N7O4S. The van der Waals surface area contributed by atoms with Gasteiger partial charge in [-0.2, -0.15) is 18.4 Å². The highest BCUT2D eigenvalue weighted by atomic mass is 32.2. The first-order chi connectivity index (χ1) is 15.1. The zero-order valence-corrected chi connectivity index (χ0v) is 16.5. The first kappa shape index (κ1) is 21.2. The van der Waals surface area contributed by atoms with E-state index in [1.807, 2.05) is 0 Å². The summed E-state index contributed by atoms with van der Waals surface area (Å²) in [6.45, 7) is 0.0211. The van der Waals surface area contributed by atoms with E-state index in [0.717, 1.165) is 27.5 Å². The van der Waals surface area contributed by atoms with Gasteiger partial charge in [0.25, 0.3) is 9.84 Å². The Morgan fingerprint density at radius 2 is 1.84 bits per heavy atom. The minimum atomic E-state index is -5.53. The van der Waals surface area contributed by atoms with Crippen LogP contribution < -0.4 is 5.69 Å². The fraction of sp³-hybridized carbons (Fsp3) is 0.118. The van der Waals surface area contributed by atoms with E-state index in [1.165, 1.54) is 6.20 Å². The number of tetrazole rings is 1. The molecule has 11 nitrogen and oxygen atoms in total. The number of H-pyrrole nitrogens is 1. The summed E-state index contributed by atoms with van der Waals surface area (Å²) in [4.78, 5) is 15.9. The number of nitrogens with one attached hydrogen (secondary N) is 1. The quantitative estimate of drug-likeness (QED) is 0.446. The molecule has 4 rings (SSSR count). The summed E-state index contributed by atoms with van der Waals surface area (Å²) < 4.78 is 63.0. The van der Waals surface area contributed by atoms with Crippen LogP contribution in [0.4, 0.5) is 13.2 Å². The van der Waals surface area contributed by atoms with Gasteiger partial charge in [-0.05, 0) is 47.2 Å². The molecule has 0 aliphatic carbocycles. The van der Waals surface area contributed by atoms with Crippen molar-refractivity contribution in [3.05, 3.63) is 64.8 Å². The van der Waals surface area contributed by atoms with Crippen LogP contribution >= 0.6 is 0 Å². The molecule has 166 valence electrons. The van der Waals surface area contributed by atoms with Gasteiger partial charge < -0.3 is 5.11 Å². The van der Waals surface area contributed by atoms with Crippen LogP contribution in [0, 0.1) is 0 Å². The molecule has 0 atom stereocenters. The number of aromatic hydroxyl groups is 1. The van der Waals surface area contributed by atoms with E-state index in [2.05, 4.69) is 25.6 Å². The van der Waals surface area contributed by atoms with Crippen LogP contribution in [0.2, 0.25) is 0 Å². The fourth-order valence-corrected chi connectivity index (χ4v) is 3.67. The van der Waals surface area contributed by atoms with Crippen LogP contribution in [0.1, 0.15) is 5.56 Å². The Hall–Kier alpha value is -4.01. The van der Waals surface area contributed by atoms with Crippen LogP contribution in [0.5, 0.6) is 5.88 Å². The molecule has 0 amide bonds. The maximum atomic E-state index is 12.8. The van der Waals surface area contributed by atoms with Crippen molar-refractivity contribution in [2.45, 2.75) is 16.9 Å². The fourth-order valence-electron chi connectivity index (χ4n) is 2.90. The summed E-state index contributed by atoms with van der Waals surface area (Å²) in [6, 6.07) is 6.64. The molecule has 3 heterocycles. The maximum absolute atomic E-state index is 12.8. The topological polar surface area (TPSA) is 149 Å². The first-order valence-corrected chi connectivity index (χ1v) is 10.2. The van der Waals surface area contributed by atoms with Gasteiger partial charge in [0.05, 0.1) is 23.3 Å². The average molecular weight is 467 g/mol. The van der Waals surface area contributed by atoms with E-state index in [4.69, 9.17) is 0 Å². The normalized spacial score (nSPS) is 12.2. The van der Waals surface area contributed by atoms with Crippen molar-refractivity contribution in [1.29, 1.82) is 0 Å². The van der Waals surface area contributed by atoms with Crippen LogP contribution in [0.25, 0.3) is 17.2 Å². The lowest BCUT2D eigenvalue weighted by Crippen LogP contribution is -2.24. The third kappa shape index (κ3) is 3.73. The first-order valence-electron chi connectivity index (χ1n) is 8.69. The molecule has 0 unspecified atom stereocenters. The molecule has 0 saturated carbocycles. The summed E-state index contributed by atoms with van der Waals surface area (Å²) in [5, 5.41) is 23.6. The lowest BCUT2D eigenvalue weighted by Gasteiger charge is -2.09. The number of sulfone groups is 1. The van der Waals surface area contributed by atoms with E-state index in [1.54, 1.807) is 12.1 Å². The molecule has 0 radical (unpaired) electrons. The number of hydrogen-bond donors (Lipinski definition) is 2. The molecule has 0 saturated heterocycles. The maximum Gasteiger partial charge on any atom is 0.501 e. The van der Waals surface area contributed by atoms with Gasteiger partial charge in [0.1, 0.15) is 5.69 Å². The van der Waals surface area contributed by atoms with Crippen LogP contribution in [-0.4, -0.2) is 53.8 Å². The van der Waals surface area contributed by atoms with E-state index >= 15 is 0 Å². The van der Waals surface area contributed by atoms with Gasteiger partial charge in [0.2, 0.25) is 11.7 Å². The molecule has 4 aromatic rings. The molecule has 0 fully saturated rings. The number of nitrogens with zero attached hydrogens (tertiary/aromatic N) is 6. The third-order valence-corrected chi connectivity index (χ3v) is 5.90. The van der Waals surface area contributed by atoms with Gasteiger partial charge in [-0.3, -0.25) is 9.55 Å². The van der Waals surface area contributed by atoms with Gasteiger partial charge in [-0.1, -0.05) is 0 Å². The standard InChI is InChI=1S/C17H12F3N7O4S/c18-17(19,20)32(30,31)12-3-1-11(2-4-12)27-14(28)9-26(16(27)29)8-10-5-6-21-13(7-10)15-22-24-25-23-15/h1-7,9,28H,8H2,(H,22,23,24,25). The molecule has 0 bridgehead atoms. The number of rotatable bonds is 5. The highest BCUT2D eigenvalue weighted by Crippen LogP contribution is 2.30. The Labute approximate surface area is 176 Å². The zero-order valence-electron chi connectivity index (χ0n) is 15.7. The molecule has 0 aliphatic heterocycles. The van der Waals surface area contributed by atoms with Crippen molar-refractivity contribution in [3.8, 4) is 23.1 Å². The third-order valence-electron chi connectivity index (χ3n) is 4.40. The van der Waals surface area contributed by atoms with Gasteiger partial charge in [0.15, 0.2) is 0 Å². The highest BCUT2D eigenvalue weighted by molar-refractivity contribution is 7.92. The van der Waals surface area contributed by atoms with Crippen molar-refractivity contribution in [3.63, 3.8) is 0 Å². The molecule has 32 heavy (non-hydrogen) atoms. The minimum absolute atomic E-state index is 0.0189. The number of benzene rings is 1. The predicted molar refractivity (Wildman–Crippen MR) is 101 cm³/mol. The second-order valence-corrected chi connectivity index (χ2v) is 8.40. The SMILES string of the molecule is O=c1n(Cc2ccnc(-c3nn[nH]n3)c2)cc(O)n1-c1ccc(S(=O)(=O)C(F)(F)F)cc1. The molecule has 15 heteroatoms. The molecule has 1 aromatic carbocycles. The molecule has 0 aliphatic rings. The second-order valence-electron chi connectivity index (χ2n) is 6.46. The molecule has 2 N–H and O–H groups in total. The van der Waals surface area contributed by atoms with Crippen molar-refractivity contribution in [2.24, 2.45) is 0 Å². The minimum Gasteiger partial charge on any atom is -0.493 e. The van der Waals surface area contributed by atoms with Gasteiger partial charge in [0, 0.05) is 6.20 Å². The summed E-state index contributed by atoms with van der Waals surface area (Å²) in [7, 11) is -5.53. The molecule has 3 aromatic heterocycles. The Morgan fingerprint density at radius 1 is 1.12 bits per heavy atom. The Kier molecular flexibility index (Phi) is 5.04. The molecular weight excluding hydrogens is 455 g/mol. The highest BCUT2D eigenvalue weighted by Gasteiger charge is 2.46. The summed E-state index contributed by atoms with van der Waals surface area (Å²) >= 11 is 0. The number of aromatic nitrogens is 7. The second kappa shape index (κ2) is 7.60. The Balaban J connectivity index is 1.65. The predicted octanol–water partition coefficient (Wildman–Crippen LogP) is 1.26. The Morgan fingerprint density at radius 3 is 2.47 bits per heavy atom. The van der Waals surface area contributed by atoms with Crippen molar-refractivity contribution in [1.82, 2.24) is 34.7 Å². The number of pyridine rings is 1. The van der Waals surface area contributed by atoms with Crippen molar-refractivity contribution < 1.29 is 26.7 Å². The van der Waals surface area contributed by atoms with E-state index in [-0.39, 0.29) is 18.1 Å². The number of imidazole rings is 1. The average Bonchev–Trinajstić information content (AvgIpc) is 3.36. The van der Waals surface area contributed by atoms with Gasteiger partial charge in [-0.25, -0.2) is 17.8 Å². The number of halogens is 3. The summed E-state index contributed by atoms with van der Waals surface area (Å²) in [6.07, 6.45) is 2.61. The van der Waals surface area contributed by atoms with E-state index in [0.29, 0.717) is 23.4 Å². The van der Waals surface area contributed by atoms with Crippen LogP contribution in [0.3, 0.4) is 0 Å². The van der Waals surface area contributed by atoms with Crippen molar-refractivity contribution >= 4 is 9.84 Å². The van der Waals surface area contributed by atoms with Crippen LogP contribution in [0.15, 0.2) is 58.5 Å². The largest absolute Gasteiger partial charge is 0.501 e. The van der Waals surface area contributed by atoms with Crippen LogP contribution in [-0.2, 0) is 16.4 Å². The van der Waals surface area contributed by atoms with E-state index < -0.39 is 31.8 Å². The summed E-state index contributed by atoms with van der Waals surface area (Å²) in [5.74, 6) is -0.248. The van der Waals surface area contributed by atoms with Gasteiger partial charge in [-0.15, -0.1) is 10.2 Å². The zero-order chi connectivity index (χ0) is 23.1. The number of aromatic amines is 1. The lowest BCUT2D eigenvalue weighted by molar-refractivity contribution is -0.0436. The Bertz CT molecular complexity index is 1430. The smallest absolute Gasteiger partial charge is 0.493 e.